The predicted molar refractivity (Wildman–Crippen MR) is 101 cm³/mol. The highest BCUT2D eigenvalue weighted by Gasteiger charge is 2.20. The Hall–Kier alpha value is -1.95. The van der Waals surface area contributed by atoms with Gasteiger partial charge < -0.3 is 10.2 Å². The van der Waals surface area contributed by atoms with Gasteiger partial charge in [0.05, 0.1) is 18.1 Å². The fraction of sp³-hybridized carbons (Fsp3) is 0.632. The van der Waals surface area contributed by atoms with Gasteiger partial charge in [-0.2, -0.15) is 5.10 Å². The number of hydrogen-bond acceptors (Lipinski definition) is 5. The maximum Gasteiger partial charge on any atom is 0.174 e. The monoisotopic (exact) mass is 342 g/mol. The van der Waals surface area contributed by atoms with Crippen LogP contribution >= 0.6 is 0 Å². The van der Waals surface area contributed by atoms with Gasteiger partial charge in [-0.25, -0.2) is 9.67 Å². The summed E-state index contributed by atoms with van der Waals surface area (Å²) in [6, 6.07) is 2.04. The second kappa shape index (κ2) is 7.95. The molecule has 136 valence electrons. The fourth-order valence-electron chi connectivity index (χ4n) is 3.90. The largest absolute Gasteiger partial charge is 0.369 e. The van der Waals surface area contributed by atoms with E-state index < -0.39 is 0 Å². The van der Waals surface area contributed by atoms with Crippen LogP contribution in [0.1, 0.15) is 38.1 Å². The summed E-state index contributed by atoms with van der Waals surface area (Å²) in [4.78, 5) is 11.5. The van der Waals surface area contributed by atoms with E-state index in [4.69, 9.17) is 0 Å². The Morgan fingerprint density at radius 3 is 2.60 bits per heavy atom. The number of rotatable bonds is 6. The molecule has 2 aromatic rings. The standard InChI is InChI=1S/C19H30N6/c1-14-8-15(2)13-24(12-14)7-5-6-21-18-10-20-11-19(22-18)25-17(4)9-16(3)23-25/h9-11,14-15H,5-8,12-13H2,1-4H3,(H,21,22). The molecule has 3 heterocycles. The van der Waals surface area contributed by atoms with Crippen LogP contribution in [0.4, 0.5) is 5.82 Å². The van der Waals surface area contributed by atoms with Gasteiger partial charge in [-0.3, -0.25) is 4.98 Å². The highest BCUT2D eigenvalue weighted by Crippen LogP contribution is 2.20. The van der Waals surface area contributed by atoms with Crippen LogP contribution in [-0.4, -0.2) is 50.8 Å². The van der Waals surface area contributed by atoms with Crippen LogP contribution in [0, 0.1) is 25.7 Å². The Morgan fingerprint density at radius 1 is 1.16 bits per heavy atom. The molecule has 0 bridgehead atoms. The lowest BCUT2D eigenvalue weighted by molar-refractivity contribution is 0.141. The third-order valence-corrected chi connectivity index (χ3v) is 4.75. The van der Waals surface area contributed by atoms with E-state index in [1.54, 1.807) is 12.4 Å². The third kappa shape index (κ3) is 4.78. The molecule has 6 nitrogen and oxygen atoms in total. The Labute approximate surface area is 150 Å². The number of aromatic nitrogens is 4. The van der Waals surface area contributed by atoms with Crippen molar-refractivity contribution in [1.29, 1.82) is 0 Å². The van der Waals surface area contributed by atoms with Gasteiger partial charge in [-0.15, -0.1) is 0 Å². The summed E-state index contributed by atoms with van der Waals surface area (Å²) in [5, 5.41) is 7.87. The van der Waals surface area contributed by atoms with Gasteiger partial charge in [-0.05, 0) is 51.1 Å². The smallest absolute Gasteiger partial charge is 0.174 e. The first-order valence-corrected chi connectivity index (χ1v) is 9.33. The number of nitrogens with one attached hydrogen (secondary N) is 1. The van der Waals surface area contributed by atoms with Crippen molar-refractivity contribution >= 4 is 5.82 Å². The molecule has 0 spiro atoms. The van der Waals surface area contributed by atoms with Crippen molar-refractivity contribution in [3.8, 4) is 5.82 Å². The van der Waals surface area contributed by atoms with Crippen molar-refractivity contribution < 1.29 is 0 Å². The van der Waals surface area contributed by atoms with E-state index >= 15 is 0 Å². The summed E-state index contributed by atoms with van der Waals surface area (Å²) in [7, 11) is 0. The van der Waals surface area contributed by atoms with Crippen LogP contribution in [0.5, 0.6) is 0 Å². The van der Waals surface area contributed by atoms with Gasteiger partial charge >= 0.3 is 0 Å². The number of aryl methyl sites for hydroxylation is 2. The SMILES string of the molecule is Cc1cc(C)n(-c2cncc(NCCCN3CC(C)CC(C)C3)n2)n1. The molecule has 0 radical (unpaired) electrons. The molecule has 0 aliphatic carbocycles. The summed E-state index contributed by atoms with van der Waals surface area (Å²) >= 11 is 0. The van der Waals surface area contributed by atoms with Crippen molar-refractivity contribution in [2.45, 2.75) is 40.5 Å². The molecular formula is C19H30N6. The molecular weight excluding hydrogens is 312 g/mol. The molecule has 0 aromatic carbocycles. The first kappa shape index (κ1) is 17.9. The van der Waals surface area contributed by atoms with Crippen molar-refractivity contribution in [3.05, 3.63) is 29.8 Å². The molecule has 3 rings (SSSR count). The lowest BCUT2D eigenvalue weighted by Gasteiger charge is -2.34. The van der Waals surface area contributed by atoms with Gasteiger partial charge in [0.25, 0.3) is 0 Å². The topological polar surface area (TPSA) is 58.9 Å². The maximum atomic E-state index is 4.64. The number of likely N-dealkylation sites (tertiary alicyclic amines) is 1. The normalized spacial score (nSPS) is 21.4. The minimum absolute atomic E-state index is 0.759. The lowest BCUT2D eigenvalue weighted by atomic mass is 9.92. The van der Waals surface area contributed by atoms with E-state index in [9.17, 15) is 0 Å². The Morgan fingerprint density at radius 2 is 1.92 bits per heavy atom. The zero-order valence-corrected chi connectivity index (χ0v) is 15.9. The fourth-order valence-corrected chi connectivity index (χ4v) is 3.90. The maximum absolute atomic E-state index is 4.64. The molecule has 2 atom stereocenters. The molecule has 0 saturated carbocycles. The first-order chi connectivity index (χ1) is 12.0. The minimum Gasteiger partial charge on any atom is -0.369 e. The molecule has 1 fully saturated rings. The van der Waals surface area contributed by atoms with Crippen molar-refractivity contribution in [2.24, 2.45) is 11.8 Å². The quantitative estimate of drug-likeness (QED) is 0.818. The van der Waals surface area contributed by atoms with Crippen molar-refractivity contribution in [3.63, 3.8) is 0 Å². The lowest BCUT2D eigenvalue weighted by Crippen LogP contribution is -2.39. The van der Waals surface area contributed by atoms with Crippen LogP contribution in [0.25, 0.3) is 5.82 Å². The molecule has 1 aliphatic heterocycles. The number of nitrogens with zero attached hydrogens (tertiary/aromatic N) is 5. The van der Waals surface area contributed by atoms with E-state index in [2.05, 4.69) is 39.1 Å². The number of anilines is 1. The van der Waals surface area contributed by atoms with E-state index in [-0.39, 0.29) is 0 Å². The average molecular weight is 342 g/mol. The van der Waals surface area contributed by atoms with Crippen LogP contribution in [0.15, 0.2) is 18.5 Å². The first-order valence-electron chi connectivity index (χ1n) is 9.33. The predicted octanol–water partition coefficient (Wildman–Crippen LogP) is 3.06. The molecule has 1 aliphatic rings. The molecule has 1 N–H and O–H groups in total. The molecule has 1 saturated heterocycles. The van der Waals surface area contributed by atoms with Crippen molar-refractivity contribution in [1.82, 2.24) is 24.6 Å². The molecule has 0 amide bonds. The number of hydrogen-bond donors (Lipinski definition) is 1. The van der Waals surface area contributed by atoms with E-state index in [1.165, 1.54) is 19.5 Å². The highest BCUT2D eigenvalue weighted by molar-refractivity contribution is 5.36. The van der Waals surface area contributed by atoms with Gasteiger partial charge in [0.15, 0.2) is 5.82 Å². The van der Waals surface area contributed by atoms with E-state index in [0.717, 1.165) is 54.4 Å². The summed E-state index contributed by atoms with van der Waals surface area (Å²) in [6.45, 7) is 13.3. The molecule has 2 aromatic heterocycles. The molecule has 6 heteroatoms. The average Bonchev–Trinajstić information content (AvgIpc) is 2.89. The summed E-state index contributed by atoms with van der Waals surface area (Å²) in [5.74, 6) is 3.21. The molecule has 2 unspecified atom stereocenters. The number of piperidine rings is 1. The van der Waals surface area contributed by atoms with Gasteiger partial charge in [0.1, 0.15) is 5.82 Å². The Bertz CT molecular complexity index is 685. The van der Waals surface area contributed by atoms with E-state index in [1.807, 2.05) is 24.6 Å². The van der Waals surface area contributed by atoms with Crippen LogP contribution in [0.2, 0.25) is 0 Å². The van der Waals surface area contributed by atoms with E-state index in [0.29, 0.717) is 0 Å². The summed E-state index contributed by atoms with van der Waals surface area (Å²) in [6.07, 6.45) is 6.01. The van der Waals surface area contributed by atoms with Crippen LogP contribution < -0.4 is 5.32 Å². The summed E-state index contributed by atoms with van der Waals surface area (Å²) < 4.78 is 1.84. The van der Waals surface area contributed by atoms with Crippen molar-refractivity contribution in [2.75, 3.05) is 31.5 Å². The highest BCUT2D eigenvalue weighted by atomic mass is 15.3. The van der Waals surface area contributed by atoms with Crippen LogP contribution in [0.3, 0.4) is 0 Å². The zero-order valence-electron chi connectivity index (χ0n) is 15.9. The Balaban J connectivity index is 1.50. The second-order valence-corrected chi connectivity index (χ2v) is 7.59. The van der Waals surface area contributed by atoms with Gasteiger partial charge in [0.2, 0.25) is 0 Å². The van der Waals surface area contributed by atoms with Crippen LogP contribution in [-0.2, 0) is 0 Å². The second-order valence-electron chi connectivity index (χ2n) is 7.59. The third-order valence-electron chi connectivity index (χ3n) is 4.75. The van der Waals surface area contributed by atoms with Gasteiger partial charge in [-0.1, -0.05) is 13.8 Å². The summed E-state index contributed by atoms with van der Waals surface area (Å²) in [5.41, 5.74) is 2.06. The Kier molecular flexibility index (Phi) is 5.68. The van der Waals surface area contributed by atoms with Gasteiger partial charge in [0, 0.05) is 25.3 Å². The zero-order chi connectivity index (χ0) is 17.8. The minimum atomic E-state index is 0.759. The molecule has 25 heavy (non-hydrogen) atoms.